The summed E-state index contributed by atoms with van der Waals surface area (Å²) in [4.78, 5) is 2.13. The molecule has 0 aliphatic heterocycles. The van der Waals surface area contributed by atoms with Crippen LogP contribution in [0.5, 0.6) is 0 Å². The summed E-state index contributed by atoms with van der Waals surface area (Å²) in [6.45, 7) is 8.85. The average Bonchev–Trinajstić information content (AvgIpc) is 1.63. The van der Waals surface area contributed by atoms with E-state index in [-0.39, 0.29) is 0 Å². The highest BCUT2D eigenvalue weighted by molar-refractivity contribution is 4.56. The number of hydrogen-bond donors (Lipinski definition) is 0. The molecule has 0 saturated carbocycles. The van der Waals surface area contributed by atoms with Gasteiger partial charge in [0.05, 0.1) is 0 Å². The van der Waals surface area contributed by atoms with Gasteiger partial charge in [0, 0.05) is 13.6 Å². The molecule has 0 atom stereocenters. The molecular weight excluding hydrogens is 110 g/mol. The molecule has 0 unspecified atom stereocenters. The van der Waals surface area contributed by atoms with E-state index in [2.05, 4.69) is 32.7 Å². The van der Waals surface area contributed by atoms with Crippen molar-refractivity contribution in [2.75, 3.05) is 13.1 Å². The van der Waals surface area contributed by atoms with Crippen LogP contribution in [-0.4, -0.2) is 18.0 Å². The molecule has 0 bridgehead atoms. The Morgan fingerprint density at radius 3 is 2.33 bits per heavy atom. The molecule has 0 aromatic carbocycles. The maximum atomic E-state index is 3.90. The first-order valence-electron chi connectivity index (χ1n) is 3.72. The highest BCUT2D eigenvalue weighted by Gasteiger charge is 1.98. The van der Waals surface area contributed by atoms with E-state index in [1.807, 2.05) is 0 Å². The minimum Gasteiger partial charge on any atom is -0.302 e. The first-order valence-corrected chi connectivity index (χ1v) is 3.72. The van der Waals surface area contributed by atoms with Crippen molar-refractivity contribution in [2.24, 2.45) is 5.92 Å². The third kappa shape index (κ3) is 5.84. The summed E-state index contributed by atoms with van der Waals surface area (Å²) < 4.78 is 0. The predicted molar refractivity (Wildman–Crippen MR) is 42.1 cm³/mol. The Kier molecular flexibility index (Phi) is 4.78. The lowest BCUT2D eigenvalue weighted by Crippen LogP contribution is -2.21. The zero-order valence-electron chi connectivity index (χ0n) is 6.85. The maximum absolute atomic E-state index is 3.90. The normalized spacial score (nSPS) is 11.3. The van der Waals surface area contributed by atoms with Crippen LogP contribution in [0, 0.1) is 13.0 Å². The molecule has 1 nitrogen and oxygen atoms in total. The molecule has 0 aromatic rings. The van der Waals surface area contributed by atoms with Crippen LogP contribution in [0.4, 0.5) is 0 Å². The van der Waals surface area contributed by atoms with Crippen molar-refractivity contribution in [2.45, 2.75) is 27.2 Å². The lowest BCUT2D eigenvalue weighted by atomic mass is 10.2. The van der Waals surface area contributed by atoms with Gasteiger partial charge in [0.2, 0.25) is 0 Å². The number of rotatable bonds is 4. The summed E-state index contributed by atoms with van der Waals surface area (Å²) in [7, 11) is 3.90. The van der Waals surface area contributed by atoms with Crippen molar-refractivity contribution in [1.82, 2.24) is 4.90 Å². The van der Waals surface area contributed by atoms with Gasteiger partial charge in [-0.05, 0) is 18.9 Å². The lowest BCUT2D eigenvalue weighted by molar-refractivity contribution is 0.326. The van der Waals surface area contributed by atoms with Crippen LogP contribution in [0.15, 0.2) is 0 Å². The zero-order chi connectivity index (χ0) is 7.28. The Morgan fingerprint density at radius 1 is 1.44 bits per heavy atom. The summed E-state index contributed by atoms with van der Waals surface area (Å²) >= 11 is 0. The molecule has 0 spiro atoms. The zero-order valence-corrected chi connectivity index (χ0v) is 6.85. The van der Waals surface area contributed by atoms with Crippen LogP contribution in [-0.2, 0) is 0 Å². The Balaban J connectivity index is 3.15. The summed E-state index contributed by atoms with van der Waals surface area (Å²) in [5, 5.41) is 0. The van der Waals surface area contributed by atoms with Gasteiger partial charge >= 0.3 is 0 Å². The molecule has 9 heavy (non-hydrogen) atoms. The van der Waals surface area contributed by atoms with Gasteiger partial charge in [0.1, 0.15) is 0 Å². The Labute approximate surface area is 59.1 Å². The first kappa shape index (κ1) is 8.96. The topological polar surface area (TPSA) is 3.24 Å². The van der Waals surface area contributed by atoms with Gasteiger partial charge in [-0.1, -0.05) is 20.8 Å². The van der Waals surface area contributed by atoms with Gasteiger partial charge in [0.25, 0.3) is 0 Å². The van der Waals surface area contributed by atoms with Crippen molar-refractivity contribution < 1.29 is 0 Å². The summed E-state index contributed by atoms with van der Waals surface area (Å²) in [5.74, 6) is 0.744. The van der Waals surface area contributed by atoms with E-state index in [1.54, 1.807) is 0 Å². The lowest BCUT2D eigenvalue weighted by Gasteiger charge is -2.16. The standard InChI is InChI=1S/C8H18N/c1-5-6-9(4)7-8(2)3/h8H,4-7H2,1-3H3. The molecule has 0 aromatic heterocycles. The fourth-order valence-electron chi connectivity index (χ4n) is 0.924. The quantitative estimate of drug-likeness (QED) is 0.560. The van der Waals surface area contributed by atoms with E-state index in [9.17, 15) is 0 Å². The monoisotopic (exact) mass is 128 g/mol. The molecule has 0 fully saturated rings. The molecule has 0 aliphatic carbocycles. The number of nitrogens with zero attached hydrogens (tertiary/aromatic N) is 1. The fourth-order valence-corrected chi connectivity index (χ4v) is 0.924. The van der Waals surface area contributed by atoms with Gasteiger partial charge in [0.15, 0.2) is 0 Å². The van der Waals surface area contributed by atoms with Gasteiger partial charge in [-0.3, -0.25) is 0 Å². The summed E-state index contributed by atoms with van der Waals surface area (Å²) in [6, 6.07) is 0. The molecule has 0 rings (SSSR count). The molecule has 1 radical (unpaired) electrons. The summed E-state index contributed by atoms with van der Waals surface area (Å²) in [5.41, 5.74) is 0. The minimum atomic E-state index is 0.744. The van der Waals surface area contributed by atoms with Gasteiger partial charge in [-0.2, -0.15) is 0 Å². The number of hydrogen-bond acceptors (Lipinski definition) is 1. The van der Waals surface area contributed by atoms with Crippen molar-refractivity contribution >= 4 is 0 Å². The van der Waals surface area contributed by atoms with Crippen LogP contribution in [0.1, 0.15) is 27.2 Å². The smallest absolute Gasteiger partial charge is 0.0109 e. The maximum Gasteiger partial charge on any atom is 0.0109 e. The van der Waals surface area contributed by atoms with Crippen LogP contribution >= 0.6 is 0 Å². The Bertz CT molecular complexity index is 59.6. The molecule has 0 N–H and O–H groups in total. The molecule has 0 saturated heterocycles. The Morgan fingerprint density at radius 2 is 2.00 bits per heavy atom. The van der Waals surface area contributed by atoms with Gasteiger partial charge < -0.3 is 4.90 Å². The molecular formula is C8H18N. The average molecular weight is 128 g/mol. The molecule has 1 heteroatoms. The van der Waals surface area contributed by atoms with Gasteiger partial charge in [-0.15, -0.1) is 0 Å². The predicted octanol–water partition coefficient (Wildman–Crippen LogP) is 2.15. The van der Waals surface area contributed by atoms with Crippen molar-refractivity contribution in [3.05, 3.63) is 7.05 Å². The Hall–Kier alpha value is -0.0400. The summed E-state index contributed by atoms with van der Waals surface area (Å²) in [6.07, 6.45) is 1.20. The van der Waals surface area contributed by atoms with Crippen molar-refractivity contribution in [1.29, 1.82) is 0 Å². The second-order valence-corrected chi connectivity index (χ2v) is 2.97. The van der Waals surface area contributed by atoms with E-state index in [1.165, 1.54) is 6.42 Å². The third-order valence-electron chi connectivity index (χ3n) is 1.16. The molecule has 0 heterocycles. The van der Waals surface area contributed by atoms with E-state index < -0.39 is 0 Å². The highest BCUT2D eigenvalue weighted by Crippen LogP contribution is 1.96. The van der Waals surface area contributed by atoms with Crippen LogP contribution < -0.4 is 0 Å². The molecule has 55 valence electrons. The van der Waals surface area contributed by atoms with Crippen LogP contribution in [0.25, 0.3) is 0 Å². The SMILES string of the molecule is [CH2]N(CCC)CC(C)C. The van der Waals surface area contributed by atoms with E-state index in [0.717, 1.165) is 19.0 Å². The van der Waals surface area contributed by atoms with Gasteiger partial charge in [-0.25, -0.2) is 0 Å². The van der Waals surface area contributed by atoms with Crippen LogP contribution in [0.3, 0.4) is 0 Å². The third-order valence-corrected chi connectivity index (χ3v) is 1.16. The van der Waals surface area contributed by atoms with E-state index in [0.29, 0.717) is 0 Å². The molecule has 0 aliphatic rings. The van der Waals surface area contributed by atoms with Crippen LogP contribution in [0.2, 0.25) is 0 Å². The second kappa shape index (κ2) is 4.80. The highest BCUT2D eigenvalue weighted by atomic mass is 15.1. The van der Waals surface area contributed by atoms with Crippen molar-refractivity contribution in [3.8, 4) is 0 Å². The van der Waals surface area contributed by atoms with E-state index in [4.69, 9.17) is 0 Å². The van der Waals surface area contributed by atoms with Crippen molar-refractivity contribution in [3.63, 3.8) is 0 Å². The second-order valence-electron chi connectivity index (χ2n) is 2.97. The fraction of sp³-hybridized carbons (Fsp3) is 0.875. The first-order chi connectivity index (χ1) is 4.16. The van der Waals surface area contributed by atoms with E-state index >= 15 is 0 Å². The largest absolute Gasteiger partial charge is 0.302 e. The minimum absolute atomic E-state index is 0.744. The molecule has 0 amide bonds.